The van der Waals surface area contributed by atoms with Crippen molar-refractivity contribution in [3.63, 3.8) is 0 Å². The van der Waals surface area contributed by atoms with Crippen molar-refractivity contribution in [2.24, 2.45) is 0 Å². The van der Waals surface area contributed by atoms with Crippen LogP contribution in [-0.2, 0) is 63.6 Å². The summed E-state index contributed by atoms with van der Waals surface area (Å²) in [4.78, 5) is 19.9. The van der Waals surface area contributed by atoms with Crippen LogP contribution in [0.5, 0.6) is 0 Å². The van der Waals surface area contributed by atoms with Gasteiger partial charge in [-0.3, -0.25) is 0 Å². The van der Waals surface area contributed by atoms with Crippen LogP contribution in [0, 0.1) is 85.0 Å². The van der Waals surface area contributed by atoms with Gasteiger partial charge in [-0.05, 0) is 127 Å². The van der Waals surface area contributed by atoms with Crippen molar-refractivity contribution in [2.45, 2.75) is 126 Å². The second-order valence-corrected chi connectivity index (χ2v) is 16.6. The molecule has 0 saturated carbocycles. The van der Waals surface area contributed by atoms with Gasteiger partial charge in [0.2, 0.25) is 0 Å². The SMILES string of the molecule is Cc1cc(C(F)(F)F)nc(C)c1C#N.Cc1cc(C(F)(F)F)nc(C)c1CF.Cc1cc(C(F)(F)F)nc(C)c1CO.Cc1nc(C(F)(F)F)ccc1C#N.Cc1nc(C(F)(F)F)ccc1CF.Cc1nc(C(F)(F)F)ccc1CO. The summed E-state index contributed by atoms with van der Waals surface area (Å²) in [7, 11) is 0. The van der Waals surface area contributed by atoms with E-state index in [2.05, 4.69) is 29.9 Å². The lowest BCUT2D eigenvalue weighted by Gasteiger charge is -2.11. The van der Waals surface area contributed by atoms with Crippen LogP contribution in [0.4, 0.5) is 87.8 Å². The van der Waals surface area contributed by atoms with E-state index in [1.165, 1.54) is 68.4 Å². The van der Waals surface area contributed by atoms with Crippen LogP contribution >= 0.6 is 0 Å². The van der Waals surface area contributed by atoms with Gasteiger partial charge in [0.05, 0.1) is 35.7 Å². The first-order chi connectivity index (χ1) is 36.9. The summed E-state index contributed by atoms with van der Waals surface area (Å²) >= 11 is 0. The number of aliphatic hydroxyl groups is 2. The summed E-state index contributed by atoms with van der Waals surface area (Å²) in [5.74, 6) is 0. The van der Waals surface area contributed by atoms with Gasteiger partial charge >= 0.3 is 37.1 Å². The quantitative estimate of drug-likeness (QED) is 0.162. The topological polar surface area (TPSA) is 165 Å². The number of alkyl halides is 20. The van der Waals surface area contributed by atoms with Gasteiger partial charge in [-0.2, -0.15) is 89.6 Å². The summed E-state index contributed by atoms with van der Waals surface area (Å²) in [6, 6.07) is 12.1. The molecule has 0 radical (unpaired) electrons. The van der Waals surface area contributed by atoms with Crippen LogP contribution in [0.3, 0.4) is 0 Å². The number of aromatic nitrogens is 6. The highest BCUT2D eigenvalue weighted by Gasteiger charge is 2.37. The zero-order valence-electron chi connectivity index (χ0n) is 43.6. The van der Waals surface area contributed by atoms with Crippen molar-refractivity contribution < 1.29 is 98.0 Å². The Balaban J connectivity index is 0.000000486. The number of aliphatic hydroxyl groups excluding tert-OH is 2. The van der Waals surface area contributed by atoms with E-state index in [4.69, 9.17) is 20.7 Å². The van der Waals surface area contributed by atoms with Crippen LogP contribution in [-0.4, -0.2) is 40.1 Å². The van der Waals surface area contributed by atoms with E-state index >= 15 is 0 Å². The Kier molecular flexibility index (Phi) is 25.8. The van der Waals surface area contributed by atoms with Crippen molar-refractivity contribution in [3.8, 4) is 12.1 Å². The molecule has 2 N–H and O–H groups in total. The maximum atomic E-state index is 12.4. The van der Waals surface area contributed by atoms with Crippen molar-refractivity contribution in [2.75, 3.05) is 0 Å². The molecule has 81 heavy (non-hydrogen) atoms. The molecule has 0 aromatic carbocycles. The lowest BCUT2D eigenvalue weighted by Crippen LogP contribution is -2.11. The molecule has 6 rings (SSSR count). The van der Waals surface area contributed by atoms with Crippen LogP contribution in [0.1, 0.15) is 118 Å². The number of hydrogen-bond donors (Lipinski definition) is 2. The molecule has 0 aliphatic carbocycles. The van der Waals surface area contributed by atoms with Gasteiger partial charge < -0.3 is 10.2 Å². The lowest BCUT2D eigenvalue weighted by atomic mass is 10.1. The number of aryl methyl sites for hydroxylation is 9. The predicted molar refractivity (Wildman–Crippen MR) is 249 cm³/mol. The van der Waals surface area contributed by atoms with E-state index in [0.29, 0.717) is 22.3 Å². The van der Waals surface area contributed by atoms with Gasteiger partial charge in [0.15, 0.2) is 0 Å². The third-order valence-electron chi connectivity index (χ3n) is 10.6. The van der Waals surface area contributed by atoms with E-state index in [9.17, 15) is 87.8 Å². The molecule has 442 valence electrons. The van der Waals surface area contributed by atoms with Gasteiger partial charge in [-0.25, -0.2) is 38.7 Å². The minimum absolute atomic E-state index is 0.0809. The zero-order chi connectivity index (χ0) is 63.0. The van der Waals surface area contributed by atoms with E-state index in [0.717, 1.165) is 48.5 Å². The molecular formula is C51H46F20N8O2. The Morgan fingerprint density at radius 2 is 0.679 bits per heavy atom. The molecule has 0 saturated heterocycles. The number of rotatable bonds is 4. The molecule has 0 atom stereocenters. The fraction of sp³-hybridized carbons (Fsp3) is 0.373. The predicted octanol–water partition coefficient (Wildman–Crippen LogP) is 15.0. The third-order valence-corrected chi connectivity index (χ3v) is 10.6. The standard InChI is InChI=1S/C9H9F4N.C9H7F3N2.C9H10F3NO.C8H7F4N.C8H5F3N2.C8H8F3NO/c1-5-3-8(9(11,12)13)14-6(2)7(5)4-10;1-5-3-8(9(10,11)12)14-6(2)7(5)4-13;1-5-3-8(9(10,11)12)13-6(2)7(5)4-14;1-5-6(4-9)2-3-7(13-5)8(10,11)12;1-5-6(4-12)2-3-7(13-5)8(9,10)11;1-5-6(4-13)2-3-7(12-5)8(9,10)11/h3H,4H2,1-2H3;3H,1-2H3;3,14H,4H2,1-2H3;2-3H,4H2,1H3;2-3H,1H3;2-3,13H,4H2,1H3. The van der Waals surface area contributed by atoms with Gasteiger partial charge in [0, 0.05) is 39.5 Å². The molecule has 0 aliphatic heterocycles. The molecule has 0 fully saturated rings. The van der Waals surface area contributed by atoms with Crippen molar-refractivity contribution in [1.29, 1.82) is 10.5 Å². The molecule has 6 aromatic heterocycles. The molecule has 0 unspecified atom stereocenters. The number of pyridine rings is 6. The largest absolute Gasteiger partial charge is 0.433 e. The summed E-state index contributed by atoms with van der Waals surface area (Å²) in [5.41, 5.74) is -2.25. The minimum Gasteiger partial charge on any atom is -0.392 e. The highest BCUT2D eigenvalue weighted by molar-refractivity contribution is 5.41. The lowest BCUT2D eigenvalue weighted by molar-refractivity contribution is -0.142. The summed E-state index contributed by atoms with van der Waals surface area (Å²) < 4.78 is 243. The highest BCUT2D eigenvalue weighted by Crippen LogP contribution is 2.34. The minimum atomic E-state index is -4.47. The molecule has 10 nitrogen and oxygen atoms in total. The zero-order valence-corrected chi connectivity index (χ0v) is 43.6. The monoisotopic (exact) mass is 1180 g/mol. The summed E-state index contributed by atoms with van der Waals surface area (Å²) in [6.07, 6.45) is -26.7. The van der Waals surface area contributed by atoms with E-state index in [1.807, 2.05) is 6.07 Å². The summed E-state index contributed by atoms with van der Waals surface area (Å²) in [6.45, 7) is 10.6. The second-order valence-electron chi connectivity index (χ2n) is 16.6. The molecule has 0 spiro atoms. The number of nitriles is 2. The Bertz CT molecular complexity index is 2950. The molecule has 0 amide bonds. The van der Waals surface area contributed by atoms with Crippen molar-refractivity contribution in [1.82, 2.24) is 29.9 Å². The van der Waals surface area contributed by atoms with Crippen LogP contribution in [0.2, 0.25) is 0 Å². The highest BCUT2D eigenvalue weighted by atomic mass is 19.4. The molecule has 0 aliphatic rings. The second kappa shape index (κ2) is 29.2. The maximum absolute atomic E-state index is 12.4. The van der Waals surface area contributed by atoms with Gasteiger partial charge in [-0.1, -0.05) is 12.1 Å². The van der Waals surface area contributed by atoms with Gasteiger partial charge in [0.1, 0.15) is 59.7 Å². The molecular weight excluding hydrogens is 1140 g/mol. The Labute approximate surface area is 448 Å². The number of nitrogens with zero attached hydrogens (tertiary/aromatic N) is 8. The van der Waals surface area contributed by atoms with Gasteiger partial charge in [0.25, 0.3) is 0 Å². The van der Waals surface area contributed by atoms with Crippen LogP contribution in [0.25, 0.3) is 0 Å². The van der Waals surface area contributed by atoms with Crippen LogP contribution in [0.15, 0.2) is 54.6 Å². The third kappa shape index (κ3) is 22.1. The van der Waals surface area contributed by atoms with E-state index in [1.54, 1.807) is 6.07 Å². The first-order valence-electron chi connectivity index (χ1n) is 22.3. The van der Waals surface area contributed by atoms with E-state index in [-0.39, 0.29) is 75.2 Å². The molecule has 0 bridgehead atoms. The Morgan fingerprint density at radius 3 is 0.951 bits per heavy atom. The molecule has 6 heterocycles. The van der Waals surface area contributed by atoms with Crippen molar-refractivity contribution in [3.05, 3.63) is 173 Å². The smallest absolute Gasteiger partial charge is 0.392 e. The molecule has 6 aromatic rings. The summed E-state index contributed by atoms with van der Waals surface area (Å²) in [5, 5.41) is 34.6. The molecule has 30 heteroatoms. The first-order valence-corrected chi connectivity index (χ1v) is 22.3. The Hall–Kier alpha value is -7.60. The van der Waals surface area contributed by atoms with E-state index < -0.39 is 84.6 Å². The average molecular weight is 1180 g/mol. The van der Waals surface area contributed by atoms with Crippen molar-refractivity contribution >= 4 is 0 Å². The average Bonchev–Trinajstić information content (AvgIpc) is 3.33. The number of halogens is 20. The number of hydrogen-bond acceptors (Lipinski definition) is 10. The fourth-order valence-corrected chi connectivity index (χ4v) is 6.23. The maximum Gasteiger partial charge on any atom is 0.433 e. The first kappa shape index (κ1) is 71.4. The normalized spacial score (nSPS) is 11.6. The fourth-order valence-electron chi connectivity index (χ4n) is 6.23. The van der Waals surface area contributed by atoms with Gasteiger partial charge in [-0.15, -0.1) is 0 Å². The Morgan fingerprint density at radius 1 is 0.358 bits per heavy atom. The van der Waals surface area contributed by atoms with Crippen LogP contribution < -0.4 is 0 Å².